The molecule has 1 aromatic rings. The average Bonchev–Trinajstić information content (AvgIpc) is 2.57. The van der Waals surface area contributed by atoms with E-state index < -0.39 is 0 Å². The molecule has 0 aliphatic rings. The third-order valence-corrected chi connectivity index (χ3v) is 3.90. The van der Waals surface area contributed by atoms with E-state index in [1.165, 1.54) is 11.6 Å². The quantitative estimate of drug-likeness (QED) is 0.381. The summed E-state index contributed by atoms with van der Waals surface area (Å²) in [5.74, 6) is 1.42. The maximum absolute atomic E-state index is 6.01. The molecule has 0 N–H and O–H groups in total. The van der Waals surface area contributed by atoms with Gasteiger partial charge in [0.25, 0.3) is 0 Å². The zero-order valence-electron chi connectivity index (χ0n) is 14.2. The van der Waals surface area contributed by atoms with E-state index in [0.29, 0.717) is 40.4 Å². The summed E-state index contributed by atoms with van der Waals surface area (Å²) in [6, 6.07) is 5.97. The number of ether oxygens (including phenoxy) is 3. The molecule has 0 unspecified atom stereocenters. The van der Waals surface area contributed by atoms with Crippen molar-refractivity contribution in [2.45, 2.75) is 19.8 Å². The lowest BCUT2D eigenvalue weighted by molar-refractivity contribution is 0.116. The lowest BCUT2D eigenvalue weighted by Crippen LogP contribution is -2.10. The first kappa shape index (κ1) is 20.6. The van der Waals surface area contributed by atoms with Gasteiger partial charge < -0.3 is 14.2 Å². The van der Waals surface area contributed by atoms with Crippen LogP contribution in [0.1, 0.15) is 18.9 Å². The van der Waals surface area contributed by atoms with Crippen LogP contribution in [0.4, 0.5) is 0 Å². The summed E-state index contributed by atoms with van der Waals surface area (Å²) in [7, 11) is 1.62. The number of benzene rings is 1. The molecule has 0 fully saturated rings. The molecule has 0 saturated heterocycles. The Balaban J connectivity index is 2.54. The minimum Gasteiger partial charge on any atom is -0.493 e. The van der Waals surface area contributed by atoms with E-state index in [4.69, 9.17) is 37.4 Å². The lowest BCUT2D eigenvalue weighted by Gasteiger charge is -2.13. The Bertz CT molecular complexity index is 594. The summed E-state index contributed by atoms with van der Waals surface area (Å²) in [4.78, 5) is 0. The fourth-order valence-corrected chi connectivity index (χ4v) is 2.44. The van der Waals surface area contributed by atoms with Crippen LogP contribution in [0.5, 0.6) is 11.5 Å². The van der Waals surface area contributed by atoms with Gasteiger partial charge in [0.15, 0.2) is 11.5 Å². The van der Waals surface area contributed by atoms with Gasteiger partial charge in [-0.05, 0) is 24.1 Å². The molecule has 0 saturated carbocycles. The van der Waals surface area contributed by atoms with Crippen molar-refractivity contribution in [3.05, 3.63) is 58.6 Å². The zero-order valence-corrected chi connectivity index (χ0v) is 15.8. The maximum Gasteiger partial charge on any atom is 0.161 e. The van der Waals surface area contributed by atoms with Crippen LogP contribution in [-0.4, -0.2) is 26.9 Å². The van der Waals surface area contributed by atoms with Crippen molar-refractivity contribution >= 4 is 23.2 Å². The summed E-state index contributed by atoms with van der Waals surface area (Å²) in [5.41, 5.74) is 1.84. The molecule has 0 spiro atoms. The van der Waals surface area contributed by atoms with Crippen LogP contribution in [0.3, 0.4) is 0 Å². The van der Waals surface area contributed by atoms with Gasteiger partial charge in [-0.2, -0.15) is 0 Å². The second-order valence-corrected chi connectivity index (χ2v) is 5.94. The molecular weight excluding hydrogens is 347 g/mol. The molecule has 3 nitrogen and oxygen atoms in total. The third kappa shape index (κ3) is 6.60. The second kappa shape index (κ2) is 11.2. The van der Waals surface area contributed by atoms with Crippen LogP contribution in [0.25, 0.3) is 0 Å². The molecule has 24 heavy (non-hydrogen) atoms. The number of allylic oxidation sites excluding steroid dienone is 2. The number of rotatable bonds is 11. The Morgan fingerprint density at radius 1 is 1.21 bits per heavy atom. The molecule has 0 amide bonds. The zero-order chi connectivity index (χ0) is 17.9. The van der Waals surface area contributed by atoms with Crippen molar-refractivity contribution in [3.8, 4) is 11.5 Å². The van der Waals surface area contributed by atoms with Crippen LogP contribution in [0.15, 0.2) is 53.1 Å². The van der Waals surface area contributed by atoms with Crippen LogP contribution in [0, 0.1) is 0 Å². The summed E-state index contributed by atoms with van der Waals surface area (Å²) in [6.07, 6.45) is 3.59. The van der Waals surface area contributed by atoms with Gasteiger partial charge in [-0.3, -0.25) is 0 Å². The fourth-order valence-electron chi connectivity index (χ4n) is 2.06. The predicted molar refractivity (Wildman–Crippen MR) is 101 cm³/mol. The molecule has 5 heteroatoms. The van der Waals surface area contributed by atoms with Crippen molar-refractivity contribution in [2.24, 2.45) is 0 Å². The topological polar surface area (TPSA) is 27.7 Å². The number of hydrogen-bond donors (Lipinski definition) is 0. The number of halogens is 2. The maximum atomic E-state index is 6.01. The molecule has 132 valence electrons. The van der Waals surface area contributed by atoms with Crippen LogP contribution < -0.4 is 9.47 Å². The van der Waals surface area contributed by atoms with Gasteiger partial charge >= 0.3 is 0 Å². The predicted octanol–water partition coefficient (Wildman–Crippen LogP) is 5.47. The monoisotopic (exact) mass is 370 g/mol. The highest BCUT2D eigenvalue weighted by atomic mass is 35.5. The third-order valence-electron chi connectivity index (χ3n) is 3.29. The minimum atomic E-state index is 0.254. The van der Waals surface area contributed by atoms with Gasteiger partial charge in [0.05, 0.1) is 20.3 Å². The van der Waals surface area contributed by atoms with E-state index in [-0.39, 0.29) is 6.61 Å². The molecule has 0 aromatic heterocycles. The molecule has 0 aliphatic heterocycles. The molecule has 1 rings (SSSR count). The van der Waals surface area contributed by atoms with Crippen molar-refractivity contribution in [2.75, 3.05) is 26.9 Å². The van der Waals surface area contributed by atoms with Gasteiger partial charge in [-0.1, -0.05) is 61.8 Å². The number of hydrogen-bond acceptors (Lipinski definition) is 3. The Morgan fingerprint density at radius 2 is 1.96 bits per heavy atom. The SMILES string of the molecule is C=C/C(Cl)=C(/COCCOc1cc(CCC)ccc1OC)C(=C)Cl. The average molecular weight is 371 g/mol. The summed E-state index contributed by atoms with van der Waals surface area (Å²) in [6.45, 7) is 10.4. The van der Waals surface area contributed by atoms with Crippen LogP contribution >= 0.6 is 23.2 Å². The van der Waals surface area contributed by atoms with Gasteiger partial charge in [0, 0.05) is 15.6 Å². The summed E-state index contributed by atoms with van der Waals surface area (Å²) >= 11 is 11.9. The molecular formula is C19H24Cl2O3. The Morgan fingerprint density at radius 3 is 2.54 bits per heavy atom. The fraction of sp³-hybridized carbons (Fsp3) is 0.368. The Hall–Kier alpha value is -1.42. The smallest absolute Gasteiger partial charge is 0.161 e. The molecule has 1 aromatic carbocycles. The molecule has 0 atom stereocenters. The van der Waals surface area contributed by atoms with E-state index in [2.05, 4.69) is 20.1 Å². The Labute approximate surface area is 154 Å². The van der Waals surface area contributed by atoms with Crippen molar-refractivity contribution < 1.29 is 14.2 Å². The first-order chi connectivity index (χ1) is 11.5. The molecule has 0 bridgehead atoms. The van der Waals surface area contributed by atoms with E-state index in [0.717, 1.165) is 12.8 Å². The van der Waals surface area contributed by atoms with Crippen LogP contribution in [0.2, 0.25) is 0 Å². The molecule has 0 radical (unpaired) electrons. The second-order valence-electron chi connectivity index (χ2n) is 5.07. The minimum absolute atomic E-state index is 0.254. The van der Waals surface area contributed by atoms with Crippen molar-refractivity contribution in [1.82, 2.24) is 0 Å². The van der Waals surface area contributed by atoms with Crippen LogP contribution in [-0.2, 0) is 11.2 Å². The van der Waals surface area contributed by atoms with Gasteiger partial charge in [0.2, 0.25) is 0 Å². The Kier molecular flexibility index (Phi) is 9.62. The van der Waals surface area contributed by atoms with Gasteiger partial charge in [-0.15, -0.1) is 0 Å². The largest absolute Gasteiger partial charge is 0.493 e. The van der Waals surface area contributed by atoms with Crippen molar-refractivity contribution in [1.29, 1.82) is 0 Å². The van der Waals surface area contributed by atoms with Gasteiger partial charge in [0.1, 0.15) is 6.61 Å². The van der Waals surface area contributed by atoms with E-state index in [9.17, 15) is 0 Å². The first-order valence-electron chi connectivity index (χ1n) is 7.76. The lowest BCUT2D eigenvalue weighted by atomic mass is 10.1. The molecule has 0 heterocycles. The standard InChI is InChI=1S/C19H24Cl2O3/c1-5-7-15-8-9-18(22-4)19(12-15)24-11-10-23-13-16(14(3)20)17(21)6-2/h6,8-9,12H,2-3,5,7,10-11,13H2,1,4H3/b17-16+. The normalized spacial score (nSPS) is 11.7. The van der Waals surface area contributed by atoms with E-state index >= 15 is 0 Å². The van der Waals surface area contributed by atoms with Gasteiger partial charge in [-0.25, -0.2) is 0 Å². The van der Waals surface area contributed by atoms with E-state index in [1.54, 1.807) is 7.11 Å². The highest BCUT2D eigenvalue weighted by Gasteiger charge is 2.08. The summed E-state index contributed by atoms with van der Waals surface area (Å²) in [5, 5.41) is 0.777. The first-order valence-corrected chi connectivity index (χ1v) is 8.52. The number of aryl methyl sites for hydroxylation is 1. The van der Waals surface area contributed by atoms with E-state index in [1.807, 2.05) is 18.2 Å². The highest BCUT2D eigenvalue weighted by molar-refractivity contribution is 6.36. The highest BCUT2D eigenvalue weighted by Crippen LogP contribution is 2.28. The number of methoxy groups -OCH3 is 1. The molecule has 0 aliphatic carbocycles. The van der Waals surface area contributed by atoms with Crippen molar-refractivity contribution in [3.63, 3.8) is 0 Å². The summed E-state index contributed by atoms with van der Waals surface area (Å²) < 4.78 is 16.6.